The van der Waals surface area contributed by atoms with Gasteiger partial charge in [0.15, 0.2) is 0 Å². The quantitative estimate of drug-likeness (QED) is 0.791. The van der Waals surface area contributed by atoms with Crippen LogP contribution in [0.5, 0.6) is 0 Å². The molecular weight excluding hydrogens is 234 g/mol. The molecule has 1 aliphatic heterocycles. The van der Waals surface area contributed by atoms with E-state index in [0.29, 0.717) is 5.92 Å². The van der Waals surface area contributed by atoms with Crippen LogP contribution in [0.3, 0.4) is 0 Å². The molecule has 17 heavy (non-hydrogen) atoms. The predicted octanol–water partition coefficient (Wildman–Crippen LogP) is 3.14. The van der Waals surface area contributed by atoms with Crippen LogP contribution in [-0.2, 0) is 11.2 Å². The first-order chi connectivity index (χ1) is 8.15. The van der Waals surface area contributed by atoms with Crippen molar-refractivity contribution in [3.63, 3.8) is 0 Å². The van der Waals surface area contributed by atoms with Gasteiger partial charge in [0.05, 0.1) is 0 Å². The van der Waals surface area contributed by atoms with Gasteiger partial charge in [0.1, 0.15) is 0 Å². The largest absolute Gasteiger partial charge is 0.343 e. The zero-order valence-corrected chi connectivity index (χ0v) is 10.9. The summed E-state index contributed by atoms with van der Waals surface area (Å²) in [5.41, 5.74) is 1.31. The lowest BCUT2D eigenvalue weighted by atomic mass is 9.91. The van der Waals surface area contributed by atoms with Crippen LogP contribution in [0.15, 0.2) is 24.3 Å². The highest BCUT2D eigenvalue weighted by Gasteiger charge is 2.21. The number of carbonyl (C=O) groups excluding carboxylic acids is 1. The van der Waals surface area contributed by atoms with E-state index in [1.54, 1.807) is 6.92 Å². The van der Waals surface area contributed by atoms with Crippen molar-refractivity contribution in [3.8, 4) is 0 Å². The molecule has 0 radical (unpaired) electrons. The molecule has 0 bridgehead atoms. The topological polar surface area (TPSA) is 20.3 Å². The summed E-state index contributed by atoms with van der Waals surface area (Å²) in [5.74, 6) is 0.791. The second-order valence-corrected chi connectivity index (χ2v) is 5.24. The smallest absolute Gasteiger partial charge is 0.219 e. The molecule has 1 aromatic rings. The molecule has 2 nitrogen and oxygen atoms in total. The van der Waals surface area contributed by atoms with Crippen molar-refractivity contribution < 1.29 is 4.79 Å². The lowest BCUT2D eigenvalue weighted by molar-refractivity contribution is -0.130. The Balaban J connectivity index is 1.94. The number of halogens is 1. The Kier molecular flexibility index (Phi) is 4.06. The van der Waals surface area contributed by atoms with Crippen molar-refractivity contribution in [2.75, 3.05) is 13.1 Å². The third kappa shape index (κ3) is 3.47. The van der Waals surface area contributed by atoms with Crippen molar-refractivity contribution in [1.29, 1.82) is 0 Å². The summed E-state index contributed by atoms with van der Waals surface area (Å²) in [7, 11) is 0. The number of piperidine rings is 1. The number of hydrogen-bond acceptors (Lipinski definition) is 1. The van der Waals surface area contributed by atoms with Crippen molar-refractivity contribution >= 4 is 17.5 Å². The van der Waals surface area contributed by atoms with Gasteiger partial charge in [-0.05, 0) is 42.9 Å². The third-order valence-corrected chi connectivity index (χ3v) is 3.65. The first kappa shape index (κ1) is 12.4. The van der Waals surface area contributed by atoms with Gasteiger partial charge in [0, 0.05) is 25.0 Å². The van der Waals surface area contributed by atoms with Crippen LogP contribution in [0.25, 0.3) is 0 Å². The molecule has 1 atom stereocenters. The molecule has 1 unspecified atom stereocenters. The van der Waals surface area contributed by atoms with E-state index in [0.717, 1.165) is 31.0 Å². The molecule has 0 aliphatic carbocycles. The van der Waals surface area contributed by atoms with Gasteiger partial charge < -0.3 is 4.90 Å². The Hall–Kier alpha value is -1.02. The van der Waals surface area contributed by atoms with Crippen molar-refractivity contribution in [2.45, 2.75) is 26.2 Å². The number of hydrogen-bond donors (Lipinski definition) is 0. The summed E-state index contributed by atoms with van der Waals surface area (Å²) < 4.78 is 0. The minimum absolute atomic E-state index is 0.200. The van der Waals surface area contributed by atoms with E-state index in [4.69, 9.17) is 11.6 Å². The maximum atomic E-state index is 11.3. The SMILES string of the molecule is CC(=O)N1CCCC(Cc2ccc(Cl)cc2)C1. The predicted molar refractivity (Wildman–Crippen MR) is 70.1 cm³/mol. The van der Waals surface area contributed by atoms with Gasteiger partial charge in [0.2, 0.25) is 5.91 Å². The molecule has 92 valence electrons. The standard InChI is InChI=1S/C14H18ClNO/c1-11(17)16-8-2-3-13(10-16)9-12-4-6-14(15)7-5-12/h4-7,13H,2-3,8-10H2,1H3. The summed E-state index contributed by atoms with van der Waals surface area (Å²) in [6, 6.07) is 8.02. The van der Waals surface area contributed by atoms with Crippen LogP contribution in [-0.4, -0.2) is 23.9 Å². The number of amides is 1. The first-order valence-electron chi connectivity index (χ1n) is 6.15. The van der Waals surface area contributed by atoms with Gasteiger partial charge in [-0.15, -0.1) is 0 Å². The Morgan fingerprint density at radius 1 is 1.41 bits per heavy atom. The Bertz CT molecular complexity index is 388. The minimum Gasteiger partial charge on any atom is -0.343 e. The lowest BCUT2D eigenvalue weighted by Gasteiger charge is -2.32. The highest BCUT2D eigenvalue weighted by molar-refractivity contribution is 6.30. The molecule has 2 rings (SSSR count). The van der Waals surface area contributed by atoms with E-state index in [-0.39, 0.29) is 5.91 Å². The molecule has 1 saturated heterocycles. The van der Waals surface area contributed by atoms with E-state index in [1.165, 1.54) is 12.0 Å². The van der Waals surface area contributed by atoms with Gasteiger partial charge in [-0.2, -0.15) is 0 Å². The Morgan fingerprint density at radius 3 is 2.76 bits per heavy atom. The fourth-order valence-electron chi connectivity index (χ4n) is 2.47. The molecule has 1 aliphatic rings. The molecule has 0 aromatic heterocycles. The second kappa shape index (κ2) is 5.54. The van der Waals surface area contributed by atoms with Crippen molar-refractivity contribution in [1.82, 2.24) is 4.90 Å². The number of rotatable bonds is 2. The van der Waals surface area contributed by atoms with Gasteiger partial charge in [-0.3, -0.25) is 4.79 Å². The zero-order valence-electron chi connectivity index (χ0n) is 10.2. The van der Waals surface area contributed by atoms with Gasteiger partial charge in [-0.25, -0.2) is 0 Å². The van der Waals surface area contributed by atoms with Crippen LogP contribution >= 0.6 is 11.6 Å². The van der Waals surface area contributed by atoms with Crippen LogP contribution in [0, 0.1) is 5.92 Å². The second-order valence-electron chi connectivity index (χ2n) is 4.80. The number of carbonyl (C=O) groups is 1. The fraction of sp³-hybridized carbons (Fsp3) is 0.500. The summed E-state index contributed by atoms with van der Waals surface area (Å²) in [4.78, 5) is 13.3. The summed E-state index contributed by atoms with van der Waals surface area (Å²) in [5, 5.41) is 0.780. The molecule has 0 N–H and O–H groups in total. The third-order valence-electron chi connectivity index (χ3n) is 3.40. The highest BCUT2D eigenvalue weighted by Crippen LogP contribution is 2.21. The van der Waals surface area contributed by atoms with Gasteiger partial charge in [-0.1, -0.05) is 23.7 Å². The molecule has 1 amide bonds. The average molecular weight is 252 g/mol. The maximum Gasteiger partial charge on any atom is 0.219 e. The summed E-state index contributed by atoms with van der Waals surface area (Å²) >= 11 is 5.87. The van der Waals surface area contributed by atoms with E-state index in [2.05, 4.69) is 12.1 Å². The molecule has 0 spiro atoms. The van der Waals surface area contributed by atoms with E-state index < -0.39 is 0 Å². The van der Waals surface area contributed by atoms with E-state index in [1.807, 2.05) is 17.0 Å². The summed E-state index contributed by atoms with van der Waals surface area (Å²) in [6.45, 7) is 3.48. The van der Waals surface area contributed by atoms with E-state index >= 15 is 0 Å². The van der Waals surface area contributed by atoms with Gasteiger partial charge >= 0.3 is 0 Å². The molecule has 1 heterocycles. The van der Waals surface area contributed by atoms with Crippen LogP contribution < -0.4 is 0 Å². The van der Waals surface area contributed by atoms with Crippen LogP contribution in [0.4, 0.5) is 0 Å². The molecular formula is C14H18ClNO. The lowest BCUT2D eigenvalue weighted by Crippen LogP contribution is -2.39. The zero-order chi connectivity index (χ0) is 12.3. The Labute approximate surface area is 108 Å². The molecule has 1 aromatic carbocycles. The summed E-state index contributed by atoms with van der Waals surface area (Å²) in [6.07, 6.45) is 3.38. The first-order valence-corrected chi connectivity index (χ1v) is 6.53. The Morgan fingerprint density at radius 2 is 2.12 bits per heavy atom. The minimum atomic E-state index is 0.200. The molecule has 0 saturated carbocycles. The fourth-order valence-corrected chi connectivity index (χ4v) is 2.60. The highest BCUT2D eigenvalue weighted by atomic mass is 35.5. The average Bonchev–Trinajstić information content (AvgIpc) is 2.32. The normalized spacial score (nSPS) is 20.4. The van der Waals surface area contributed by atoms with Gasteiger partial charge in [0.25, 0.3) is 0 Å². The van der Waals surface area contributed by atoms with Crippen molar-refractivity contribution in [2.24, 2.45) is 5.92 Å². The van der Waals surface area contributed by atoms with Crippen molar-refractivity contribution in [3.05, 3.63) is 34.9 Å². The van der Waals surface area contributed by atoms with Crippen LogP contribution in [0.1, 0.15) is 25.3 Å². The van der Waals surface area contributed by atoms with E-state index in [9.17, 15) is 4.79 Å². The number of benzene rings is 1. The number of likely N-dealkylation sites (tertiary alicyclic amines) is 1. The number of nitrogens with zero attached hydrogens (tertiary/aromatic N) is 1. The molecule has 3 heteroatoms. The monoisotopic (exact) mass is 251 g/mol. The van der Waals surface area contributed by atoms with Crippen LogP contribution in [0.2, 0.25) is 5.02 Å². The molecule has 1 fully saturated rings. The maximum absolute atomic E-state index is 11.3.